The van der Waals surface area contributed by atoms with Gasteiger partial charge in [0, 0.05) is 24.7 Å². The number of carbonyl (C=O) groups excluding carboxylic acids is 1. The molecule has 120 valence electrons. The summed E-state index contributed by atoms with van der Waals surface area (Å²) in [5.74, 6) is 0.741. The van der Waals surface area contributed by atoms with E-state index in [1.807, 2.05) is 11.0 Å². The first-order valence-electron chi connectivity index (χ1n) is 8.81. The number of rotatable bonds is 2. The molecule has 0 radical (unpaired) electrons. The molecule has 0 aromatic carbocycles. The average Bonchev–Trinajstić information content (AvgIpc) is 3.31. The number of aromatic nitrogens is 2. The van der Waals surface area contributed by atoms with Crippen LogP contribution in [0.4, 0.5) is 0 Å². The third-order valence-corrected chi connectivity index (χ3v) is 5.83. The van der Waals surface area contributed by atoms with Crippen LogP contribution in [0.15, 0.2) is 6.07 Å². The van der Waals surface area contributed by atoms with Crippen molar-refractivity contribution in [3.8, 4) is 0 Å². The van der Waals surface area contributed by atoms with Gasteiger partial charge in [-0.2, -0.15) is 5.10 Å². The number of nitrogens with one attached hydrogen (secondary N) is 2. The van der Waals surface area contributed by atoms with Gasteiger partial charge in [0.25, 0.3) is 5.91 Å². The molecule has 1 aliphatic carbocycles. The average molecular weight is 302 g/mol. The summed E-state index contributed by atoms with van der Waals surface area (Å²) in [4.78, 5) is 14.7. The molecule has 4 rings (SSSR count). The lowest BCUT2D eigenvalue weighted by Crippen LogP contribution is -2.38. The van der Waals surface area contributed by atoms with E-state index in [1.165, 1.54) is 32.1 Å². The first-order chi connectivity index (χ1) is 10.8. The van der Waals surface area contributed by atoms with Gasteiger partial charge in [-0.1, -0.05) is 0 Å². The zero-order valence-electron chi connectivity index (χ0n) is 13.2. The molecule has 3 fully saturated rings. The summed E-state index contributed by atoms with van der Waals surface area (Å²) in [5, 5.41) is 10.8. The molecule has 2 aliphatic heterocycles. The van der Waals surface area contributed by atoms with Crippen LogP contribution in [0.3, 0.4) is 0 Å². The fourth-order valence-electron chi connectivity index (χ4n) is 4.13. The van der Waals surface area contributed by atoms with Gasteiger partial charge >= 0.3 is 0 Å². The van der Waals surface area contributed by atoms with E-state index in [0.29, 0.717) is 17.0 Å². The van der Waals surface area contributed by atoms with E-state index in [2.05, 4.69) is 15.5 Å². The van der Waals surface area contributed by atoms with Crippen LogP contribution in [-0.2, 0) is 0 Å². The first-order valence-corrected chi connectivity index (χ1v) is 8.81. The summed E-state index contributed by atoms with van der Waals surface area (Å²) in [6.45, 7) is 4.06. The molecule has 0 unspecified atom stereocenters. The Morgan fingerprint density at radius 1 is 1.18 bits per heavy atom. The monoisotopic (exact) mass is 302 g/mol. The second-order valence-corrected chi connectivity index (χ2v) is 7.38. The number of hydrogen-bond donors (Lipinski definition) is 2. The second kappa shape index (κ2) is 5.69. The van der Waals surface area contributed by atoms with E-state index in [1.54, 1.807) is 0 Å². The highest BCUT2D eigenvalue weighted by Gasteiger charge is 2.35. The van der Waals surface area contributed by atoms with Crippen molar-refractivity contribution in [1.82, 2.24) is 20.4 Å². The van der Waals surface area contributed by atoms with Crippen molar-refractivity contribution in [3.05, 3.63) is 17.5 Å². The van der Waals surface area contributed by atoms with Crippen LogP contribution >= 0.6 is 0 Å². The number of carbonyl (C=O) groups is 1. The Kier molecular flexibility index (Phi) is 3.68. The summed E-state index contributed by atoms with van der Waals surface area (Å²) < 4.78 is 0. The third kappa shape index (κ3) is 2.78. The summed E-state index contributed by atoms with van der Waals surface area (Å²) >= 11 is 0. The molecule has 1 aromatic heterocycles. The molecule has 5 nitrogen and oxygen atoms in total. The first kappa shape index (κ1) is 14.2. The van der Waals surface area contributed by atoms with Gasteiger partial charge in [0.2, 0.25) is 0 Å². The van der Waals surface area contributed by atoms with Gasteiger partial charge < -0.3 is 10.2 Å². The molecular weight excluding hydrogens is 276 g/mol. The number of piperidine rings is 1. The van der Waals surface area contributed by atoms with Crippen molar-refractivity contribution in [3.63, 3.8) is 0 Å². The predicted molar refractivity (Wildman–Crippen MR) is 84.9 cm³/mol. The number of amides is 1. The molecule has 1 spiro atoms. The maximum absolute atomic E-state index is 12.7. The quantitative estimate of drug-likeness (QED) is 0.881. The Balaban J connectivity index is 1.42. The van der Waals surface area contributed by atoms with Crippen molar-refractivity contribution >= 4 is 5.91 Å². The van der Waals surface area contributed by atoms with E-state index in [0.717, 1.165) is 44.7 Å². The predicted octanol–water partition coefficient (Wildman–Crippen LogP) is 2.28. The van der Waals surface area contributed by atoms with Crippen LogP contribution in [0.1, 0.15) is 67.0 Å². The van der Waals surface area contributed by atoms with Crippen molar-refractivity contribution in [2.75, 3.05) is 26.2 Å². The fraction of sp³-hybridized carbons (Fsp3) is 0.765. The Labute approximate surface area is 131 Å². The van der Waals surface area contributed by atoms with Crippen molar-refractivity contribution in [2.24, 2.45) is 5.41 Å². The van der Waals surface area contributed by atoms with Gasteiger partial charge in [0.15, 0.2) is 0 Å². The molecule has 3 aliphatic rings. The van der Waals surface area contributed by atoms with E-state index in [4.69, 9.17) is 0 Å². The standard InChI is InChI=1S/C17H26N4O/c22-16(15-12-14(19-20-15)13-2-3-13)21-10-1-4-17(7-11-21)5-8-18-9-6-17/h12-13,18H,1-11H2,(H,19,20). The lowest BCUT2D eigenvalue weighted by atomic mass is 9.73. The van der Waals surface area contributed by atoms with Crippen LogP contribution < -0.4 is 5.32 Å². The summed E-state index contributed by atoms with van der Waals surface area (Å²) in [6, 6.07) is 1.98. The zero-order chi connectivity index (χ0) is 15.0. The third-order valence-electron chi connectivity index (χ3n) is 5.83. The van der Waals surface area contributed by atoms with Gasteiger partial charge in [0.05, 0.1) is 0 Å². The maximum atomic E-state index is 12.7. The minimum Gasteiger partial charge on any atom is -0.337 e. The highest BCUT2D eigenvalue weighted by atomic mass is 16.2. The van der Waals surface area contributed by atoms with Gasteiger partial charge in [-0.05, 0) is 69.5 Å². The number of hydrogen-bond acceptors (Lipinski definition) is 3. The largest absolute Gasteiger partial charge is 0.337 e. The summed E-state index contributed by atoms with van der Waals surface area (Å²) in [5.41, 5.74) is 2.24. The Hall–Kier alpha value is -1.36. The Morgan fingerprint density at radius 3 is 2.77 bits per heavy atom. The second-order valence-electron chi connectivity index (χ2n) is 7.38. The Morgan fingerprint density at radius 2 is 2.00 bits per heavy atom. The van der Waals surface area contributed by atoms with Gasteiger partial charge in [-0.3, -0.25) is 9.89 Å². The molecule has 5 heteroatoms. The number of aromatic amines is 1. The topological polar surface area (TPSA) is 61.0 Å². The number of H-pyrrole nitrogens is 1. The molecule has 0 atom stereocenters. The SMILES string of the molecule is O=C(c1cc(C2CC2)[nH]n1)N1CCCC2(CCNCC2)CC1. The van der Waals surface area contributed by atoms with E-state index < -0.39 is 0 Å². The number of nitrogens with zero attached hydrogens (tertiary/aromatic N) is 2. The molecule has 1 saturated carbocycles. The number of likely N-dealkylation sites (tertiary alicyclic amines) is 1. The van der Waals surface area contributed by atoms with Crippen LogP contribution in [0.2, 0.25) is 0 Å². The van der Waals surface area contributed by atoms with E-state index in [9.17, 15) is 4.79 Å². The van der Waals surface area contributed by atoms with Gasteiger partial charge in [-0.25, -0.2) is 0 Å². The van der Waals surface area contributed by atoms with Crippen LogP contribution in [0.25, 0.3) is 0 Å². The van der Waals surface area contributed by atoms with Gasteiger partial charge in [-0.15, -0.1) is 0 Å². The molecule has 0 bridgehead atoms. The molecule has 22 heavy (non-hydrogen) atoms. The smallest absolute Gasteiger partial charge is 0.274 e. The highest BCUT2D eigenvalue weighted by Crippen LogP contribution is 2.40. The summed E-state index contributed by atoms with van der Waals surface area (Å²) in [6.07, 6.45) is 8.55. The molecule has 2 saturated heterocycles. The Bertz CT molecular complexity index is 543. The maximum Gasteiger partial charge on any atom is 0.274 e. The van der Waals surface area contributed by atoms with Crippen LogP contribution in [0, 0.1) is 5.41 Å². The van der Waals surface area contributed by atoms with Crippen molar-refractivity contribution in [2.45, 2.75) is 50.9 Å². The van der Waals surface area contributed by atoms with Gasteiger partial charge in [0.1, 0.15) is 5.69 Å². The normalized spacial score (nSPS) is 25.2. The lowest BCUT2D eigenvalue weighted by molar-refractivity contribution is 0.0744. The lowest BCUT2D eigenvalue weighted by Gasteiger charge is -2.36. The van der Waals surface area contributed by atoms with E-state index in [-0.39, 0.29) is 5.91 Å². The molecule has 3 heterocycles. The van der Waals surface area contributed by atoms with E-state index >= 15 is 0 Å². The molecule has 1 aromatic rings. The zero-order valence-corrected chi connectivity index (χ0v) is 13.2. The highest BCUT2D eigenvalue weighted by molar-refractivity contribution is 5.92. The van der Waals surface area contributed by atoms with Crippen LogP contribution in [0.5, 0.6) is 0 Å². The van der Waals surface area contributed by atoms with Crippen molar-refractivity contribution in [1.29, 1.82) is 0 Å². The minimum absolute atomic E-state index is 0.120. The summed E-state index contributed by atoms with van der Waals surface area (Å²) in [7, 11) is 0. The molecule has 1 amide bonds. The fourth-order valence-corrected chi connectivity index (χ4v) is 4.13. The van der Waals surface area contributed by atoms with Crippen LogP contribution in [-0.4, -0.2) is 47.2 Å². The van der Waals surface area contributed by atoms with Crippen molar-refractivity contribution < 1.29 is 4.79 Å². The molecular formula is C17H26N4O. The molecule has 2 N–H and O–H groups in total. The minimum atomic E-state index is 0.120.